The van der Waals surface area contributed by atoms with Gasteiger partial charge in [0, 0.05) is 55.5 Å². The van der Waals surface area contributed by atoms with Gasteiger partial charge in [-0.25, -0.2) is 4.79 Å². The first-order valence-electron chi connectivity index (χ1n) is 13.5. The summed E-state index contributed by atoms with van der Waals surface area (Å²) in [5.41, 5.74) is 3.65. The minimum Gasteiger partial charge on any atom is -0.445 e. The van der Waals surface area contributed by atoms with Crippen molar-refractivity contribution in [3.63, 3.8) is 0 Å². The summed E-state index contributed by atoms with van der Waals surface area (Å²) >= 11 is 0. The molecule has 4 aliphatic rings. The Balaban J connectivity index is 1.08. The number of likely N-dealkylation sites (tertiary alicyclic amines) is 1. The minimum atomic E-state index is -0.612. The number of fused-ring (bicyclic) bond motifs is 1. The molecule has 2 aromatic rings. The summed E-state index contributed by atoms with van der Waals surface area (Å²) in [6.45, 7) is 2.94. The van der Waals surface area contributed by atoms with Crippen molar-refractivity contribution >= 4 is 29.5 Å². The van der Waals surface area contributed by atoms with E-state index in [1.807, 2.05) is 42.5 Å². The predicted octanol–water partition coefficient (Wildman–Crippen LogP) is 3.08. The smallest absolute Gasteiger partial charge is 0.410 e. The lowest BCUT2D eigenvalue weighted by atomic mass is 9.81. The van der Waals surface area contributed by atoms with E-state index in [9.17, 15) is 19.2 Å². The Bertz CT molecular complexity index is 1260. The van der Waals surface area contributed by atoms with Gasteiger partial charge in [0.15, 0.2) is 0 Å². The number of ether oxygens (including phenoxy) is 1. The summed E-state index contributed by atoms with van der Waals surface area (Å²) in [5.74, 6) is -0.355. The predicted molar refractivity (Wildman–Crippen MR) is 139 cm³/mol. The van der Waals surface area contributed by atoms with E-state index in [0.717, 1.165) is 42.6 Å². The highest BCUT2D eigenvalue weighted by atomic mass is 16.6. The summed E-state index contributed by atoms with van der Waals surface area (Å²) in [6.07, 6.45) is 3.26. The number of rotatable bonds is 5. The third-order valence-corrected chi connectivity index (χ3v) is 8.48. The molecule has 4 aliphatic heterocycles. The SMILES string of the molecule is O=C1CC[C@@H](N2Cc3c(cccc3N3CC[C@H]3C3CCN(C(=O)OCc4ccccc4)CC3)C2=O)C(=O)N1. The molecule has 3 fully saturated rings. The Morgan fingerprint density at radius 1 is 0.895 bits per heavy atom. The Labute approximate surface area is 221 Å². The van der Waals surface area contributed by atoms with Gasteiger partial charge in [-0.2, -0.15) is 0 Å². The zero-order valence-electron chi connectivity index (χ0n) is 21.3. The number of nitrogens with one attached hydrogen (secondary N) is 1. The molecule has 3 saturated heterocycles. The van der Waals surface area contributed by atoms with Gasteiger partial charge in [0.25, 0.3) is 5.91 Å². The molecule has 0 saturated carbocycles. The highest BCUT2D eigenvalue weighted by Crippen LogP contribution is 2.41. The van der Waals surface area contributed by atoms with E-state index in [1.165, 1.54) is 0 Å². The van der Waals surface area contributed by atoms with Crippen LogP contribution < -0.4 is 10.2 Å². The molecule has 2 atom stereocenters. The quantitative estimate of drug-likeness (QED) is 0.614. The second-order valence-electron chi connectivity index (χ2n) is 10.6. The van der Waals surface area contributed by atoms with Crippen molar-refractivity contribution in [2.75, 3.05) is 24.5 Å². The average molecular weight is 517 g/mol. The standard InChI is InChI=1S/C29H32N4O5/c34-26-10-9-25(27(35)30-26)33-17-22-21(28(33)36)7-4-8-24(22)32-16-13-23(32)20-11-14-31(15-12-20)29(37)38-18-19-5-2-1-3-6-19/h1-8,20,23,25H,9-18H2,(H,30,34,35)/t23-,25+/m0/s1. The van der Waals surface area contributed by atoms with Crippen molar-refractivity contribution < 1.29 is 23.9 Å². The van der Waals surface area contributed by atoms with E-state index in [0.29, 0.717) is 43.6 Å². The Hall–Kier alpha value is -3.88. The number of piperidine rings is 2. The first-order valence-corrected chi connectivity index (χ1v) is 13.5. The van der Waals surface area contributed by atoms with E-state index in [-0.39, 0.29) is 36.8 Å². The molecule has 6 rings (SSSR count). The fourth-order valence-corrected chi connectivity index (χ4v) is 6.31. The largest absolute Gasteiger partial charge is 0.445 e. The van der Waals surface area contributed by atoms with Gasteiger partial charge in [0.1, 0.15) is 12.6 Å². The lowest BCUT2D eigenvalue weighted by Gasteiger charge is -2.49. The lowest BCUT2D eigenvalue weighted by Crippen LogP contribution is -2.55. The van der Waals surface area contributed by atoms with Crippen LogP contribution in [0.2, 0.25) is 0 Å². The lowest BCUT2D eigenvalue weighted by molar-refractivity contribution is -0.136. The number of hydrogen-bond acceptors (Lipinski definition) is 6. The van der Waals surface area contributed by atoms with Crippen LogP contribution in [0.3, 0.4) is 0 Å². The van der Waals surface area contributed by atoms with E-state index in [2.05, 4.69) is 16.3 Å². The molecular weight excluding hydrogens is 484 g/mol. The van der Waals surface area contributed by atoms with Crippen molar-refractivity contribution in [3.8, 4) is 0 Å². The minimum absolute atomic E-state index is 0.143. The molecule has 0 bridgehead atoms. The van der Waals surface area contributed by atoms with Gasteiger partial charge in [-0.15, -0.1) is 0 Å². The van der Waals surface area contributed by atoms with E-state index in [1.54, 1.807) is 9.80 Å². The number of carbonyl (C=O) groups is 4. The van der Waals surface area contributed by atoms with Crippen LogP contribution in [0.5, 0.6) is 0 Å². The highest BCUT2D eigenvalue weighted by molar-refractivity contribution is 6.06. The average Bonchev–Trinajstić information content (AvgIpc) is 3.24. The second kappa shape index (κ2) is 10.1. The Morgan fingerprint density at radius 2 is 1.68 bits per heavy atom. The molecule has 1 N–H and O–H groups in total. The molecule has 0 aliphatic carbocycles. The number of benzene rings is 2. The summed E-state index contributed by atoms with van der Waals surface area (Å²) in [6, 6.07) is 15.3. The first kappa shape index (κ1) is 24.5. The summed E-state index contributed by atoms with van der Waals surface area (Å²) in [5, 5.41) is 2.37. The number of carbonyl (C=O) groups excluding carboxylic acids is 4. The Morgan fingerprint density at radius 3 is 2.39 bits per heavy atom. The van der Waals surface area contributed by atoms with Gasteiger partial charge in [0.2, 0.25) is 11.8 Å². The highest BCUT2D eigenvalue weighted by Gasteiger charge is 2.43. The molecule has 0 spiro atoms. The molecule has 4 amide bonds. The summed E-state index contributed by atoms with van der Waals surface area (Å²) in [7, 11) is 0. The topological polar surface area (TPSA) is 99.3 Å². The molecule has 0 radical (unpaired) electrons. The molecule has 2 aromatic carbocycles. The molecule has 0 unspecified atom stereocenters. The van der Waals surface area contributed by atoms with Gasteiger partial charge < -0.3 is 19.4 Å². The summed E-state index contributed by atoms with van der Waals surface area (Å²) in [4.78, 5) is 55.7. The summed E-state index contributed by atoms with van der Waals surface area (Å²) < 4.78 is 5.52. The number of amides is 4. The maximum Gasteiger partial charge on any atom is 0.410 e. The molecule has 38 heavy (non-hydrogen) atoms. The second-order valence-corrected chi connectivity index (χ2v) is 10.6. The molecular formula is C29H32N4O5. The van der Waals surface area contributed by atoms with Crippen LogP contribution in [-0.2, 0) is 27.5 Å². The fraction of sp³-hybridized carbons (Fsp3) is 0.448. The number of nitrogens with zero attached hydrogens (tertiary/aromatic N) is 3. The van der Waals surface area contributed by atoms with Gasteiger partial charge in [-0.05, 0) is 49.3 Å². The number of anilines is 1. The third-order valence-electron chi connectivity index (χ3n) is 8.48. The van der Waals surface area contributed by atoms with Crippen LogP contribution in [0.4, 0.5) is 10.5 Å². The van der Waals surface area contributed by atoms with Crippen LogP contribution in [0.1, 0.15) is 53.6 Å². The van der Waals surface area contributed by atoms with Crippen LogP contribution in [0.15, 0.2) is 48.5 Å². The van der Waals surface area contributed by atoms with Gasteiger partial charge in [-0.3, -0.25) is 19.7 Å². The maximum absolute atomic E-state index is 13.2. The zero-order chi connectivity index (χ0) is 26.2. The molecule has 0 aromatic heterocycles. The van der Waals surface area contributed by atoms with Gasteiger partial charge in [-0.1, -0.05) is 36.4 Å². The monoisotopic (exact) mass is 516 g/mol. The zero-order valence-corrected chi connectivity index (χ0v) is 21.3. The van der Waals surface area contributed by atoms with Crippen molar-refractivity contribution in [3.05, 3.63) is 65.2 Å². The van der Waals surface area contributed by atoms with E-state index in [4.69, 9.17) is 4.74 Å². The van der Waals surface area contributed by atoms with Crippen LogP contribution in [-0.4, -0.2) is 65.3 Å². The Kier molecular flexibility index (Phi) is 6.51. The van der Waals surface area contributed by atoms with Gasteiger partial charge >= 0.3 is 6.09 Å². The van der Waals surface area contributed by atoms with E-state index < -0.39 is 6.04 Å². The van der Waals surface area contributed by atoms with Gasteiger partial charge in [0.05, 0.1) is 0 Å². The molecule has 4 heterocycles. The van der Waals surface area contributed by atoms with E-state index >= 15 is 0 Å². The number of hydrogen-bond donors (Lipinski definition) is 1. The normalized spacial score (nSPS) is 23.7. The maximum atomic E-state index is 13.2. The van der Waals surface area contributed by atoms with Crippen LogP contribution in [0.25, 0.3) is 0 Å². The number of imide groups is 1. The van der Waals surface area contributed by atoms with Crippen LogP contribution in [0, 0.1) is 5.92 Å². The first-order chi connectivity index (χ1) is 18.5. The fourth-order valence-electron chi connectivity index (χ4n) is 6.31. The van der Waals surface area contributed by atoms with Crippen molar-refractivity contribution in [2.45, 2.75) is 57.3 Å². The third kappa shape index (κ3) is 4.50. The van der Waals surface area contributed by atoms with Crippen LogP contribution >= 0.6 is 0 Å². The molecule has 9 nitrogen and oxygen atoms in total. The van der Waals surface area contributed by atoms with Crippen molar-refractivity contribution in [1.29, 1.82) is 0 Å². The van der Waals surface area contributed by atoms with Crippen molar-refractivity contribution in [1.82, 2.24) is 15.1 Å². The van der Waals surface area contributed by atoms with Crippen molar-refractivity contribution in [2.24, 2.45) is 5.92 Å². The molecule has 198 valence electrons. The molecule has 9 heteroatoms.